The molecule has 0 saturated heterocycles. The number of hydrogen-bond donors (Lipinski definition) is 10. The minimum Gasteiger partial charge on any atom is -0.480 e. The van der Waals surface area contributed by atoms with Crippen molar-refractivity contribution >= 4 is 35.5 Å². The molecule has 0 bridgehead atoms. The van der Waals surface area contributed by atoms with Gasteiger partial charge in [0, 0.05) is 0 Å². The maximum atomic E-state index is 12.2. The van der Waals surface area contributed by atoms with E-state index in [0.717, 1.165) is 0 Å². The molecule has 0 rings (SSSR count). The normalized spacial score (nSPS) is 13.2. The summed E-state index contributed by atoms with van der Waals surface area (Å²) in [6.45, 7) is -4.45. The third-order valence-electron chi connectivity index (χ3n) is 3.51. The van der Waals surface area contributed by atoms with Crippen molar-refractivity contribution < 1.29 is 49.2 Å². The fourth-order valence-corrected chi connectivity index (χ4v) is 1.91. The Kier molecular flexibility index (Phi) is 13.0. The molecular weight excluding hydrogens is 424 g/mol. The van der Waals surface area contributed by atoms with Gasteiger partial charge in [-0.15, -0.1) is 0 Å². The van der Waals surface area contributed by atoms with Crippen molar-refractivity contribution in [2.45, 2.75) is 18.1 Å². The molecule has 0 unspecified atom stereocenters. The average molecular weight is 450 g/mol. The Balaban J connectivity index is 4.82. The first-order chi connectivity index (χ1) is 14.6. The van der Waals surface area contributed by atoms with Crippen LogP contribution in [0, 0.1) is 0 Å². The Labute approximate surface area is 175 Å². The molecule has 176 valence electrons. The van der Waals surface area contributed by atoms with Crippen molar-refractivity contribution in [1.82, 2.24) is 26.6 Å². The number of aliphatic hydroxyl groups excluding tert-OH is 3. The summed E-state index contributed by atoms with van der Waals surface area (Å²) in [4.78, 5) is 69.2. The minimum atomic E-state index is -1.61. The molecule has 0 heterocycles. The van der Waals surface area contributed by atoms with Crippen LogP contribution in [-0.4, -0.2) is 114 Å². The first-order valence-electron chi connectivity index (χ1n) is 8.78. The molecule has 3 atom stereocenters. The predicted molar refractivity (Wildman–Crippen MR) is 99.8 cm³/mol. The van der Waals surface area contributed by atoms with E-state index >= 15 is 0 Å². The lowest BCUT2D eigenvalue weighted by Gasteiger charge is -2.23. The van der Waals surface area contributed by atoms with E-state index in [4.69, 9.17) is 15.9 Å². The zero-order chi connectivity index (χ0) is 24.0. The van der Waals surface area contributed by atoms with Crippen molar-refractivity contribution in [3.63, 3.8) is 0 Å². The van der Waals surface area contributed by atoms with Crippen molar-refractivity contribution in [3.8, 4) is 0 Å². The molecule has 0 radical (unpaired) electrons. The highest BCUT2D eigenvalue weighted by Gasteiger charge is 2.28. The van der Waals surface area contributed by atoms with E-state index in [2.05, 4.69) is 10.6 Å². The maximum absolute atomic E-state index is 12.2. The highest BCUT2D eigenvalue weighted by atomic mass is 16.4. The number of aliphatic carboxylic acids is 1. The zero-order valence-electron chi connectivity index (χ0n) is 16.3. The van der Waals surface area contributed by atoms with Crippen LogP contribution in [0.4, 0.5) is 0 Å². The minimum absolute atomic E-state index is 0.463. The number of nitrogens with one attached hydrogen (secondary N) is 5. The van der Waals surface area contributed by atoms with Crippen molar-refractivity contribution in [3.05, 3.63) is 0 Å². The SMILES string of the molecule is NCC(=O)N[C@@H](CO)C(=O)N[C@@H](CO)C(=O)N[C@@H](CO)C(=O)NCC(=O)NCC(=O)O. The van der Waals surface area contributed by atoms with Gasteiger partial charge in [0.25, 0.3) is 0 Å². The van der Waals surface area contributed by atoms with E-state index < -0.39 is 93.1 Å². The summed E-state index contributed by atoms with van der Waals surface area (Å²) >= 11 is 0. The summed E-state index contributed by atoms with van der Waals surface area (Å²) in [7, 11) is 0. The van der Waals surface area contributed by atoms with Crippen LogP contribution in [0.1, 0.15) is 0 Å². The van der Waals surface area contributed by atoms with Crippen molar-refractivity contribution in [2.75, 3.05) is 39.5 Å². The lowest BCUT2D eigenvalue weighted by Crippen LogP contribution is -2.59. The number of rotatable bonds is 14. The Morgan fingerprint density at radius 1 is 0.645 bits per heavy atom. The van der Waals surface area contributed by atoms with Gasteiger partial charge in [0.1, 0.15) is 24.7 Å². The van der Waals surface area contributed by atoms with Gasteiger partial charge in [-0.25, -0.2) is 0 Å². The molecule has 0 aliphatic heterocycles. The Morgan fingerprint density at radius 3 is 1.52 bits per heavy atom. The molecule has 0 aromatic rings. The number of nitrogens with two attached hydrogens (primary N) is 1. The molecule has 5 amide bonds. The summed E-state index contributed by atoms with van der Waals surface area (Å²) in [6.07, 6.45) is 0. The van der Waals surface area contributed by atoms with E-state index in [1.54, 1.807) is 0 Å². The Morgan fingerprint density at radius 2 is 1.10 bits per heavy atom. The fraction of sp³-hybridized carbons (Fsp3) is 0.600. The molecule has 0 aromatic heterocycles. The van der Waals surface area contributed by atoms with Gasteiger partial charge in [-0.05, 0) is 0 Å². The standard InChI is InChI=1S/C15H26N6O10/c16-1-10(25)19-8(5-23)14(30)21-9(6-24)15(31)20-7(4-22)13(29)18-2-11(26)17-3-12(27)28/h7-9,22-24H,1-6,16H2,(H,17,26)(H,18,29)(H,19,25)(H,20,31)(H,21,30)(H,27,28)/t7-,8-,9-/m0/s1. The monoisotopic (exact) mass is 450 g/mol. The summed E-state index contributed by atoms with van der Waals surface area (Å²) in [6, 6.07) is -4.65. The van der Waals surface area contributed by atoms with Gasteiger partial charge in [-0.1, -0.05) is 0 Å². The Bertz CT molecular complexity index is 673. The van der Waals surface area contributed by atoms with Gasteiger partial charge in [-0.2, -0.15) is 0 Å². The van der Waals surface area contributed by atoms with Crippen molar-refractivity contribution in [1.29, 1.82) is 0 Å². The molecule has 16 nitrogen and oxygen atoms in total. The number of amides is 5. The van der Waals surface area contributed by atoms with Crippen LogP contribution in [0.15, 0.2) is 0 Å². The van der Waals surface area contributed by atoms with Gasteiger partial charge in [0.15, 0.2) is 0 Å². The van der Waals surface area contributed by atoms with Crippen LogP contribution in [-0.2, 0) is 28.8 Å². The highest BCUT2D eigenvalue weighted by molar-refractivity contribution is 5.95. The summed E-state index contributed by atoms with van der Waals surface area (Å²) in [5.74, 6) is -6.03. The number of carbonyl (C=O) groups is 6. The van der Waals surface area contributed by atoms with E-state index in [1.807, 2.05) is 16.0 Å². The number of carbonyl (C=O) groups excluding carboxylic acids is 5. The Hall–Kier alpha value is -3.34. The number of hydrogen-bond acceptors (Lipinski definition) is 10. The molecule has 0 aliphatic rings. The first-order valence-corrected chi connectivity index (χ1v) is 8.78. The van der Waals surface area contributed by atoms with E-state index in [-0.39, 0.29) is 0 Å². The van der Waals surface area contributed by atoms with Crippen LogP contribution in [0.25, 0.3) is 0 Å². The molecule has 11 N–H and O–H groups in total. The first kappa shape index (κ1) is 27.7. The fourth-order valence-electron chi connectivity index (χ4n) is 1.91. The van der Waals surface area contributed by atoms with E-state index in [0.29, 0.717) is 0 Å². The smallest absolute Gasteiger partial charge is 0.322 e. The maximum Gasteiger partial charge on any atom is 0.322 e. The average Bonchev–Trinajstić information content (AvgIpc) is 2.75. The third kappa shape index (κ3) is 10.8. The zero-order valence-corrected chi connectivity index (χ0v) is 16.3. The number of carboxylic acids is 1. The number of aliphatic hydroxyl groups is 3. The largest absolute Gasteiger partial charge is 0.480 e. The molecule has 31 heavy (non-hydrogen) atoms. The summed E-state index contributed by atoms with van der Waals surface area (Å²) in [5, 5.41) is 46.4. The lowest BCUT2D eigenvalue weighted by molar-refractivity contribution is -0.138. The van der Waals surface area contributed by atoms with Crippen LogP contribution in [0.2, 0.25) is 0 Å². The predicted octanol–water partition coefficient (Wildman–Crippen LogP) is -7.31. The summed E-state index contributed by atoms with van der Waals surface area (Å²) < 4.78 is 0. The van der Waals surface area contributed by atoms with E-state index in [9.17, 15) is 39.0 Å². The third-order valence-corrected chi connectivity index (χ3v) is 3.51. The molecular formula is C15H26N6O10. The highest BCUT2D eigenvalue weighted by Crippen LogP contribution is 1.92. The van der Waals surface area contributed by atoms with Gasteiger partial charge in [0.2, 0.25) is 29.5 Å². The van der Waals surface area contributed by atoms with Crippen molar-refractivity contribution in [2.24, 2.45) is 5.73 Å². The second kappa shape index (κ2) is 14.6. The van der Waals surface area contributed by atoms with Gasteiger partial charge < -0.3 is 52.7 Å². The van der Waals surface area contributed by atoms with Crippen LogP contribution in [0.5, 0.6) is 0 Å². The molecule has 0 fully saturated rings. The number of carboxylic acid groups (broad SMARTS) is 1. The van der Waals surface area contributed by atoms with Crippen LogP contribution >= 0.6 is 0 Å². The van der Waals surface area contributed by atoms with Gasteiger partial charge in [-0.3, -0.25) is 28.8 Å². The molecule has 0 aliphatic carbocycles. The second-order valence-electron chi connectivity index (χ2n) is 5.88. The van der Waals surface area contributed by atoms with Crippen LogP contribution < -0.4 is 32.3 Å². The quantitative estimate of drug-likeness (QED) is 0.119. The van der Waals surface area contributed by atoms with E-state index in [1.165, 1.54) is 0 Å². The molecule has 0 aromatic carbocycles. The molecule has 16 heteroatoms. The summed E-state index contributed by atoms with van der Waals surface area (Å²) in [5.41, 5.74) is 5.08. The topological polar surface area (TPSA) is 270 Å². The van der Waals surface area contributed by atoms with Gasteiger partial charge in [0.05, 0.1) is 32.9 Å². The van der Waals surface area contributed by atoms with Gasteiger partial charge >= 0.3 is 5.97 Å². The molecule has 0 spiro atoms. The van der Waals surface area contributed by atoms with Crippen LogP contribution in [0.3, 0.4) is 0 Å². The molecule has 0 saturated carbocycles. The lowest BCUT2D eigenvalue weighted by atomic mass is 10.2. The second-order valence-corrected chi connectivity index (χ2v) is 5.88.